The molecule has 74 valence electrons. The van der Waals surface area contributed by atoms with Gasteiger partial charge in [-0.05, 0) is 30.9 Å². The minimum atomic E-state index is 0.259. The zero-order valence-electron chi connectivity index (χ0n) is 8.83. The fourth-order valence-corrected chi connectivity index (χ4v) is 1.52. The van der Waals surface area contributed by atoms with E-state index in [0.717, 1.165) is 13.0 Å². The summed E-state index contributed by atoms with van der Waals surface area (Å²) in [6.07, 6.45) is 5.31. The maximum atomic E-state index is 5.73. The van der Waals surface area contributed by atoms with Gasteiger partial charge in [-0.1, -0.05) is 13.8 Å². The number of rotatable bonds is 4. The summed E-state index contributed by atoms with van der Waals surface area (Å²) in [4.78, 5) is 0. The standard InChI is InChI=1S/C11H20N2/c1-9(2)7-13-5-4-11(8-13)6-10(3)12/h4-5,8-10H,6-7,12H2,1-3H3. The molecule has 0 fully saturated rings. The van der Waals surface area contributed by atoms with Gasteiger partial charge in [-0.25, -0.2) is 0 Å². The zero-order valence-corrected chi connectivity index (χ0v) is 8.83. The molecule has 0 aliphatic carbocycles. The van der Waals surface area contributed by atoms with Crippen LogP contribution in [0.5, 0.6) is 0 Å². The van der Waals surface area contributed by atoms with Crippen molar-refractivity contribution >= 4 is 0 Å². The average Bonchev–Trinajstić information content (AvgIpc) is 2.33. The van der Waals surface area contributed by atoms with E-state index in [-0.39, 0.29) is 6.04 Å². The topological polar surface area (TPSA) is 30.9 Å². The molecule has 2 N–H and O–H groups in total. The zero-order chi connectivity index (χ0) is 9.84. The molecule has 1 aromatic heterocycles. The molecule has 1 heterocycles. The molecule has 0 saturated heterocycles. The van der Waals surface area contributed by atoms with Gasteiger partial charge in [-0.2, -0.15) is 0 Å². The minimum Gasteiger partial charge on any atom is -0.354 e. The van der Waals surface area contributed by atoms with Crippen LogP contribution < -0.4 is 5.73 Å². The number of hydrogen-bond donors (Lipinski definition) is 1. The van der Waals surface area contributed by atoms with Gasteiger partial charge in [0.15, 0.2) is 0 Å². The van der Waals surface area contributed by atoms with Gasteiger partial charge in [0.2, 0.25) is 0 Å². The van der Waals surface area contributed by atoms with Gasteiger partial charge < -0.3 is 10.3 Å². The van der Waals surface area contributed by atoms with Gasteiger partial charge in [0, 0.05) is 25.0 Å². The smallest absolute Gasteiger partial charge is 0.0242 e. The Labute approximate surface area is 80.7 Å². The summed E-state index contributed by atoms with van der Waals surface area (Å²) in [6.45, 7) is 7.59. The van der Waals surface area contributed by atoms with Gasteiger partial charge in [-0.3, -0.25) is 0 Å². The summed E-state index contributed by atoms with van der Waals surface area (Å²) in [5.74, 6) is 0.704. The van der Waals surface area contributed by atoms with Crippen molar-refractivity contribution in [3.05, 3.63) is 24.0 Å². The SMILES string of the molecule is CC(C)Cn1ccc(CC(C)N)c1. The highest BCUT2D eigenvalue weighted by Crippen LogP contribution is 2.06. The Balaban J connectivity index is 2.53. The summed E-state index contributed by atoms with van der Waals surface area (Å²) >= 11 is 0. The van der Waals surface area contributed by atoms with Crippen molar-refractivity contribution in [2.75, 3.05) is 0 Å². The van der Waals surface area contributed by atoms with E-state index >= 15 is 0 Å². The summed E-state index contributed by atoms with van der Waals surface area (Å²) in [5, 5.41) is 0. The highest BCUT2D eigenvalue weighted by molar-refractivity contribution is 5.11. The molecular formula is C11H20N2. The van der Waals surface area contributed by atoms with E-state index in [1.807, 2.05) is 6.92 Å². The Bertz CT molecular complexity index is 224. The van der Waals surface area contributed by atoms with Crippen molar-refractivity contribution in [3.63, 3.8) is 0 Å². The lowest BCUT2D eigenvalue weighted by molar-refractivity contribution is 0.524. The van der Waals surface area contributed by atoms with Crippen LogP contribution >= 0.6 is 0 Å². The molecule has 2 nitrogen and oxygen atoms in total. The first-order chi connectivity index (χ1) is 6.08. The van der Waals surface area contributed by atoms with Gasteiger partial charge in [-0.15, -0.1) is 0 Å². The van der Waals surface area contributed by atoms with Crippen molar-refractivity contribution in [3.8, 4) is 0 Å². The van der Waals surface area contributed by atoms with Crippen LogP contribution in [-0.2, 0) is 13.0 Å². The van der Waals surface area contributed by atoms with Crippen LogP contribution in [0.25, 0.3) is 0 Å². The largest absolute Gasteiger partial charge is 0.354 e. The van der Waals surface area contributed by atoms with E-state index in [1.165, 1.54) is 5.56 Å². The molecule has 0 spiro atoms. The van der Waals surface area contributed by atoms with E-state index in [1.54, 1.807) is 0 Å². The minimum absolute atomic E-state index is 0.259. The lowest BCUT2D eigenvalue weighted by Gasteiger charge is -2.05. The number of aromatic nitrogens is 1. The van der Waals surface area contributed by atoms with Crippen LogP contribution in [0.2, 0.25) is 0 Å². The predicted octanol–water partition coefficient (Wildman–Crippen LogP) is 2.03. The van der Waals surface area contributed by atoms with E-state index < -0.39 is 0 Å². The quantitative estimate of drug-likeness (QED) is 0.755. The first kappa shape index (κ1) is 10.3. The molecule has 0 aliphatic rings. The molecular weight excluding hydrogens is 160 g/mol. The van der Waals surface area contributed by atoms with Gasteiger partial charge in [0.1, 0.15) is 0 Å². The van der Waals surface area contributed by atoms with Gasteiger partial charge in [0.25, 0.3) is 0 Å². The van der Waals surface area contributed by atoms with E-state index in [0.29, 0.717) is 5.92 Å². The number of nitrogens with zero attached hydrogens (tertiary/aromatic N) is 1. The second-order valence-electron chi connectivity index (χ2n) is 4.29. The molecule has 0 amide bonds. The van der Waals surface area contributed by atoms with Crippen LogP contribution in [0, 0.1) is 5.92 Å². The molecule has 1 rings (SSSR count). The van der Waals surface area contributed by atoms with Crippen molar-refractivity contribution in [2.24, 2.45) is 11.7 Å². The molecule has 0 saturated carbocycles. The monoisotopic (exact) mass is 180 g/mol. The van der Waals surface area contributed by atoms with Crippen molar-refractivity contribution in [1.29, 1.82) is 0 Å². The maximum absolute atomic E-state index is 5.73. The molecule has 0 aromatic carbocycles. The van der Waals surface area contributed by atoms with Crippen molar-refractivity contribution in [1.82, 2.24) is 4.57 Å². The third-order valence-corrected chi connectivity index (χ3v) is 1.95. The lowest BCUT2D eigenvalue weighted by Crippen LogP contribution is -2.17. The fraction of sp³-hybridized carbons (Fsp3) is 0.636. The van der Waals surface area contributed by atoms with Crippen LogP contribution in [0.1, 0.15) is 26.3 Å². The normalized spacial score (nSPS) is 13.6. The molecule has 13 heavy (non-hydrogen) atoms. The summed E-state index contributed by atoms with van der Waals surface area (Å²) < 4.78 is 2.24. The second-order valence-corrected chi connectivity index (χ2v) is 4.29. The Morgan fingerprint density at radius 3 is 2.62 bits per heavy atom. The maximum Gasteiger partial charge on any atom is 0.0242 e. The van der Waals surface area contributed by atoms with Crippen LogP contribution in [0.15, 0.2) is 18.5 Å². The second kappa shape index (κ2) is 4.47. The predicted molar refractivity (Wildman–Crippen MR) is 56.6 cm³/mol. The first-order valence-corrected chi connectivity index (χ1v) is 4.98. The summed E-state index contributed by atoms with van der Waals surface area (Å²) in [7, 11) is 0. The Morgan fingerprint density at radius 1 is 1.38 bits per heavy atom. The van der Waals surface area contributed by atoms with E-state index in [9.17, 15) is 0 Å². The van der Waals surface area contributed by atoms with Gasteiger partial charge >= 0.3 is 0 Å². The van der Waals surface area contributed by atoms with Gasteiger partial charge in [0.05, 0.1) is 0 Å². The van der Waals surface area contributed by atoms with Crippen LogP contribution in [0.3, 0.4) is 0 Å². The lowest BCUT2D eigenvalue weighted by atomic mass is 10.1. The summed E-state index contributed by atoms with van der Waals surface area (Å²) in [5.41, 5.74) is 7.07. The van der Waals surface area contributed by atoms with Crippen molar-refractivity contribution in [2.45, 2.75) is 39.8 Å². The Kier molecular flexibility index (Phi) is 3.55. The molecule has 1 aromatic rings. The highest BCUT2D eigenvalue weighted by atomic mass is 14.9. The average molecular weight is 180 g/mol. The van der Waals surface area contributed by atoms with Crippen LogP contribution in [0.4, 0.5) is 0 Å². The Morgan fingerprint density at radius 2 is 2.08 bits per heavy atom. The summed E-state index contributed by atoms with van der Waals surface area (Å²) in [6, 6.07) is 2.42. The molecule has 1 unspecified atom stereocenters. The third kappa shape index (κ3) is 3.64. The van der Waals surface area contributed by atoms with Crippen molar-refractivity contribution < 1.29 is 0 Å². The van der Waals surface area contributed by atoms with E-state index in [2.05, 4.69) is 36.9 Å². The highest BCUT2D eigenvalue weighted by Gasteiger charge is 2.01. The fourth-order valence-electron chi connectivity index (χ4n) is 1.52. The molecule has 0 bridgehead atoms. The molecule has 2 heteroatoms. The molecule has 0 aliphatic heterocycles. The Hall–Kier alpha value is -0.760. The van der Waals surface area contributed by atoms with Crippen LogP contribution in [-0.4, -0.2) is 10.6 Å². The molecule has 0 radical (unpaired) electrons. The third-order valence-electron chi connectivity index (χ3n) is 1.95. The number of hydrogen-bond acceptors (Lipinski definition) is 1. The van der Waals surface area contributed by atoms with E-state index in [4.69, 9.17) is 5.73 Å². The first-order valence-electron chi connectivity index (χ1n) is 4.98. The molecule has 1 atom stereocenters. The number of nitrogens with two attached hydrogens (primary N) is 1.